The monoisotopic (exact) mass is 321 g/mol. The highest BCUT2D eigenvalue weighted by molar-refractivity contribution is 6.04. The van der Waals surface area contributed by atoms with Crippen LogP contribution in [-0.2, 0) is 0 Å². The number of hydrogen-bond acceptors (Lipinski definition) is 4. The number of pyridine rings is 1. The van der Waals surface area contributed by atoms with Crippen molar-refractivity contribution in [2.24, 2.45) is 0 Å². The molecule has 0 aliphatic rings. The number of benzene rings is 1. The summed E-state index contributed by atoms with van der Waals surface area (Å²) in [6, 6.07) is 10.1. The third-order valence-electron chi connectivity index (χ3n) is 3.64. The molecule has 120 valence electrons. The quantitative estimate of drug-likeness (QED) is 0.751. The van der Waals surface area contributed by atoms with E-state index in [-0.39, 0.29) is 11.3 Å². The Balaban J connectivity index is 1.96. The number of ketones is 1. The molecule has 0 saturated carbocycles. The van der Waals surface area contributed by atoms with Crippen molar-refractivity contribution in [1.82, 2.24) is 9.38 Å². The lowest BCUT2D eigenvalue weighted by Gasteiger charge is -2.07. The lowest BCUT2D eigenvalue weighted by Crippen LogP contribution is -2.26. The first kappa shape index (κ1) is 15.6. The van der Waals surface area contributed by atoms with E-state index < -0.39 is 11.5 Å². The highest BCUT2D eigenvalue weighted by atomic mass is 16.2. The SMILES string of the molecule is CC(=O)c1cccc(NC(=O)c2cnc3cc(C)ccn3c2=O)c1. The number of Topliss-reactive ketones (excluding diaryl/α,β-unsaturated/α-hetero) is 1. The van der Waals surface area contributed by atoms with Gasteiger partial charge in [0.2, 0.25) is 0 Å². The Morgan fingerprint density at radius 1 is 1.17 bits per heavy atom. The Hall–Kier alpha value is -3.28. The zero-order valence-electron chi connectivity index (χ0n) is 13.2. The summed E-state index contributed by atoms with van der Waals surface area (Å²) in [6.45, 7) is 3.34. The van der Waals surface area contributed by atoms with Crippen molar-refractivity contribution in [3.05, 3.63) is 75.8 Å². The molecule has 0 fully saturated rings. The van der Waals surface area contributed by atoms with E-state index in [1.165, 1.54) is 17.5 Å². The van der Waals surface area contributed by atoms with Crippen LogP contribution in [0.15, 0.2) is 53.6 Å². The predicted molar refractivity (Wildman–Crippen MR) is 90.6 cm³/mol. The van der Waals surface area contributed by atoms with Crippen LogP contribution in [0.4, 0.5) is 5.69 Å². The van der Waals surface area contributed by atoms with Crippen molar-refractivity contribution >= 4 is 23.0 Å². The third kappa shape index (κ3) is 2.94. The molecule has 6 nitrogen and oxygen atoms in total. The molecule has 2 aromatic heterocycles. The van der Waals surface area contributed by atoms with Gasteiger partial charge in [-0.1, -0.05) is 12.1 Å². The minimum atomic E-state index is -0.567. The van der Waals surface area contributed by atoms with E-state index >= 15 is 0 Å². The highest BCUT2D eigenvalue weighted by Gasteiger charge is 2.14. The van der Waals surface area contributed by atoms with Crippen molar-refractivity contribution in [3.63, 3.8) is 0 Å². The van der Waals surface area contributed by atoms with Crippen molar-refractivity contribution < 1.29 is 9.59 Å². The van der Waals surface area contributed by atoms with E-state index in [0.717, 1.165) is 5.56 Å². The fourth-order valence-electron chi connectivity index (χ4n) is 2.35. The molecule has 24 heavy (non-hydrogen) atoms. The molecule has 0 atom stereocenters. The summed E-state index contributed by atoms with van der Waals surface area (Å²) in [6.07, 6.45) is 2.86. The van der Waals surface area contributed by atoms with Gasteiger partial charge in [0.1, 0.15) is 11.2 Å². The molecule has 0 aliphatic heterocycles. The lowest BCUT2D eigenvalue weighted by atomic mass is 10.1. The topological polar surface area (TPSA) is 80.5 Å². The fraction of sp³-hybridized carbons (Fsp3) is 0.111. The summed E-state index contributed by atoms with van der Waals surface area (Å²) < 4.78 is 1.33. The highest BCUT2D eigenvalue weighted by Crippen LogP contribution is 2.12. The Kier molecular flexibility index (Phi) is 3.95. The Labute approximate surface area is 137 Å². The van der Waals surface area contributed by atoms with Crippen LogP contribution >= 0.6 is 0 Å². The number of anilines is 1. The van der Waals surface area contributed by atoms with Crippen LogP contribution in [0.2, 0.25) is 0 Å². The average Bonchev–Trinajstić information content (AvgIpc) is 2.55. The molecule has 3 aromatic rings. The molecule has 0 bridgehead atoms. The minimum absolute atomic E-state index is 0.0652. The van der Waals surface area contributed by atoms with E-state index in [4.69, 9.17) is 0 Å². The van der Waals surface area contributed by atoms with Crippen molar-refractivity contribution in [2.75, 3.05) is 5.32 Å². The third-order valence-corrected chi connectivity index (χ3v) is 3.64. The van der Waals surface area contributed by atoms with Crippen molar-refractivity contribution in [3.8, 4) is 0 Å². The molecule has 0 saturated heterocycles. The molecule has 0 unspecified atom stereocenters. The van der Waals surface area contributed by atoms with Gasteiger partial charge in [0, 0.05) is 23.6 Å². The zero-order valence-corrected chi connectivity index (χ0v) is 13.2. The van der Waals surface area contributed by atoms with Crippen LogP contribution < -0.4 is 10.9 Å². The van der Waals surface area contributed by atoms with Gasteiger partial charge in [0.25, 0.3) is 11.5 Å². The van der Waals surface area contributed by atoms with E-state index in [9.17, 15) is 14.4 Å². The number of nitrogens with one attached hydrogen (secondary N) is 1. The fourth-order valence-corrected chi connectivity index (χ4v) is 2.35. The van der Waals surface area contributed by atoms with Gasteiger partial charge in [-0.15, -0.1) is 0 Å². The largest absolute Gasteiger partial charge is 0.322 e. The van der Waals surface area contributed by atoms with E-state index in [1.807, 2.05) is 6.92 Å². The number of carbonyl (C=O) groups excluding carboxylic acids is 2. The smallest absolute Gasteiger partial charge is 0.270 e. The van der Waals surface area contributed by atoms with Gasteiger partial charge in [-0.2, -0.15) is 0 Å². The molecule has 1 aromatic carbocycles. The summed E-state index contributed by atoms with van der Waals surface area (Å²) in [4.78, 5) is 40.4. The molecule has 3 rings (SSSR count). The van der Waals surface area contributed by atoms with E-state index in [1.54, 1.807) is 42.6 Å². The molecule has 0 radical (unpaired) electrons. The van der Waals surface area contributed by atoms with Crippen LogP contribution in [0.3, 0.4) is 0 Å². The molecule has 1 amide bonds. The Bertz CT molecular complexity index is 1020. The maximum atomic E-state index is 12.5. The van der Waals surface area contributed by atoms with Crippen LogP contribution in [0, 0.1) is 6.92 Å². The number of nitrogens with zero attached hydrogens (tertiary/aromatic N) is 2. The first-order valence-electron chi connectivity index (χ1n) is 7.36. The second-order valence-electron chi connectivity index (χ2n) is 5.50. The minimum Gasteiger partial charge on any atom is -0.322 e. The van der Waals surface area contributed by atoms with E-state index in [0.29, 0.717) is 16.9 Å². The standard InChI is InChI=1S/C18H15N3O3/c1-11-6-7-21-16(8-11)19-10-15(18(21)24)17(23)20-14-5-3-4-13(9-14)12(2)22/h3-10H,1-2H3,(H,20,23). The summed E-state index contributed by atoms with van der Waals surface area (Å²) in [7, 11) is 0. The van der Waals surface area contributed by atoms with Gasteiger partial charge in [0.05, 0.1) is 0 Å². The summed E-state index contributed by atoms with van der Waals surface area (Å²) >= 11 is 0. The summed E-state index contributed by atoms with van der Waals surface area (Å²) in [5.41, 5.74) is 1.87. The molecule has 6 heteroatoms. The van der Waals surface area contributed by atoms with Crippen LogP contribution in [0.5, 0.6) is 0 Å². The first-order chi connectivity index (χ1) is 11.5. The zero-order chi connectivity index (χ0) is 17.3. The van der Waals surface area contributed by atoms with Crippen molar-refractivity contribution in [2.45, 2.75) is 13.8 Å². The van der Waals surface area contributed by atoms with Gasteiger partial charge in [-0.3, -0.25) is 18.8 Å². The Morgan fingerprint density at radius 3 is 2.71 bits per heavy atom. The predicted octanol–water partition coefficient (Wildman–Crippen LogP) is 2.46. The molecule has 2 heterocycles. The maximum Gasteiger partial charge on any atom is 0.270 e. The first-order valence-corrected chi connectivity index (χ1v) is 7.36. The molecule has 1 N–H and O–H groups in total. The number of aryl methyl sites for hydroxylation is 1. The number of amides is 1. The van der Waals surface area contributed by atoms with Gasteiger partial charge in [-0.05, 0) is 43.7 Å². The van der Waals surface area contributed by atoms with E-state index in [2.05, 4.69) is 10.3 Å². The van der Waals surface area contributed by atoms with Crippen LogP contribution in [-0.4, -0.2) is 21.1 Å². The number of fused-ring (bicyclic) bond motifs is 1. The molecular formula is C18H15N3O3. The normalized spacial score (nSPS) is 10.6. The average molecular weight is 321 g/mol. The molecule has 0 spiro atoms. The lowest BCUT2D eigenvalue weighted by molar-refractivity contribution is 0.101. The Morgan fingerprint density at radius 2 is 1.96 bits per heavy atom. The number of aromatic nitrogens is 2. The number of carbonyl (C=O) groups is 2. The van der Waals surface area contributed by atoms with Gasteiger partial charge in [0.15, 0.2) is 5.78 Å². The summed E-state index contributed by atoms with van der Waals surface area (Å²) in [5.74, 6) is -0.669. The van der Waals surface area contributed by atoms with Gasteiger partial charge < -0.3 is 5.32 Å². The molecular weight excluding hydrogens is 306 g/mol. The maximum absolute atomic E-state index is 12.5. The number of hydrogen-bond donors (Lipinski definition) is 1. The summed E-state index contributed by atoms with van der Waals surface area (Å²) in [5, 5.41) is 2.63. The van der Waals surface area contributed by atoms with Crippen LogP contribution in [0.1, 0.15) is 33.2 Å². The second-order valence-corrected chi connectivity index (χ2v) is 5.50. The van der Waals surface area contributed by atoms with Crippen LogP contribution in [0.25, 0.3) is 5.65 Å². The molecule has 0 aliphatic carbocycles. The second kappa shape index (κ2) is 6.08. The van der Waals surface area contributed by atoms with Crippen molar-refractivity contribution in [1.29, 1.82) is 0 Å². The van der Waals surface area contributed by atoms with Gasteiger partial charge in [-0.25, -0.2) is 4.98 Å². The number of rotatable bonds is 3. The van der Waals surface area contributed by atoms with Gasteiger partial charge >= 0.3 is 0 Å².